The van der Waals surface area contributed by atoms with E-state index in [9.17, 15) is 9.90 Å². The Hall–Kier alpha value is -1.51. The van der Waals surface area contributed by atoms with Gasteiger partial charge < -0.3 is 9.84 Å². The zero-order valence-electron chi connectivity index (χ0n) is 17.9. The number of rotatable bonds is 14. The van der Waals surface area contributed by atoms with Crippen LogP contribution in [0.3, 0.4) is 0 Å². The van der Waals surface area contributed by atoms with Crippen LogP contribution in [0.4, 0.5) is 0 Å². The fourth-order valence-electron chi connectivity index (χ4n) is 3.51. The number of hydrogen-bond acceptors (Lipinski definition) is 3. The zero-order valence-corrected chi connectivity index (χ0v) is 17.9. The molecular weight excluding hydrogens is 336 g/mol. The number of para-hydroxylation sites is 1. The number of aromatic hydroxyl groups is 1. The molecule has 1 rings (SSSR count). The van der Waals surface area contributed by atoms with Crippen molar-refractivity contribution in [2.45, 2.75) is 110 Å². The predicted molar refractivity (Wildman–Crippen MR) is 113 cm³/mol. The SMILES string of the molecule is CCCCCCCCCCCCC(C(=O)OC(C)C)c1cccc(C)c1O. The Morgan fingerprint density at radius 2 is 1.52 bits per heavy atom. The van der Waals surface area contributed by atoms with E-state index in [-0.39, 0.29) is 23.7 Å². The average Bonchev–Trinajstić information content (AvgIpc) is 2.62. The first-order valence-corrected chi connectivity index (χ1v) is 11.0. The van der Waals surface area contributed by atoms with Gasteiger partial charge in [-0.2, -0.15) is 0 Å². The first-order valence-electron chi connectivity index (χ1n) is 11.0. The maximum atomic E-state index is 12.6. The van der Waals surface area contributed by atoms with Gasteiger partial charge in [-0.3, -0.25) is 4.79 Å². The van der Waals surface area contributed by atoms with Crippen molar-refractivity contribution in [2.24, 2.45) is 0 Å². The fourth-order valence-corrected chi connectivity index (χ4v) is 3.51. The van der Waals surface area contributed by atoms with Crippen molar-refractivity contribution in [1.29, 1.82) is 0 Å². The lowest BCUT2D eigenvalue weighted by Crippen LogP contribution is -2.20. The molecule has 0 spiro atoms. The summed E-state index contributed by atoms with van der Waals surface area (Å²) in [7, 11) is 0. The highest BCUT2D eigenvalue weighted by Crippen LogP contribution is 2.33. The van der Waals surface area contributed by atoms with Crippen molar-refractivity contribution in [3.05, 3.63) is 29.3 Å². The van der Waals surface area contributed by atoms with Gasteiger partial charge in [0.05, 0.1) is 12.0 Å². The molecule has 0 bridgehead atoms. The lowest BCUT2D eigenvalue weighted by atomic mass is 9.91. The smallest absolute Gasteiger partial charge is 0.313 e. The molecule has 1 aromatic carbocycles. The van der Waals surface area contributed by atoms with Gasteiger partial charge in [-0.1, -0.05) is 89.3 Å². The fraction of sp³-hybridized carbons (Fsp3) is 0.708. The molecule has 154 valence electrons. The van der Waals surface area contributed by atoms with E-state index in [2.05, 4.69) is 6.92 Å². The molecule has 0 aliphatic carbocycles. The molecule has 27 heavy (non-hydrogen) atoms. The molecule has 0 aliphatic rings. The maximum absolute atomic E-state index is 12.6. The second-order valence-corrected chi connectivity index (χ2v) is 8.02. The van der Waals surface area contributed by atoms with Crippen LogP contribution >= 0.6 is 0 Å². The number of carbonyl (C=O) groups excluding carboxylic acids is 1. The molecule has 0 fully saturated rings. The Labute approximate surface area is 166 Å². The van der Waals surface area contributed by atoms with Gasteiger partial charge in [-0.15, -0.1) is 0 Å². The van der Waals surface area contributed by atoms with Crippen molar-refractivity contribution in [3.8, 4) is 5.75 Å². The summed E-state index contributed by atoms with van der Waals surface area (Å²) in [6, 6.07) is 5.62. The number of carbonyl (C=O) groups is 1. The number of unbranched alkanes of at least 4 members (excludes halogenated alkanes) is 9. The molecule has 0 radical (unpaired) electrons. The van der Waals surface area contributed by atoms with Crippen LogP contribution in [-0.4, -0.2) is 17.2 Å². The molecule has 0 amide bonds. The van der Waals surface area contributed by atoms with E-state index in [0.717, 1.165) is 24.8 Å². The van der Waals surface area contributed by atoms with Crippen molar-refractivity contribution in [3.63, 3.8) is 0 Å². The molecule has 3 nitrogen and oxygen atoms in total. The minimum atomic E-state index is -0.374. The first-order chi connectivity index (χ1) is 13.0. The first kappa shape index (κ1) is 23.5. The summed E-state index contributed by atoms with van der Waals surface area (Å²) in [6.07, 6.45) is 13.3. The monoisotopic (exact) mass is 376 g/mol. The third-order valence-electron chi connectivity index (χ3n) is 5.13. The van der Waals surface area contributed by atoms with Crippen molar-refractivity contribution in [1.82, 2.24) is 0 Å². The number of aryl methyl sites for hydroxylation is 1. The Balaban J connectivity index is 2.44. The molecule has 1 N–H and O–H groups in total. The van der Waals surface area contributed by atoms with Gasteiger partial charge in [-0.25, -0.2) is 0 Å². The number of hydrogen-bond donors (Lipinski definition) is 1. The Morgan fingerprint density at radius 3 is 2.07 bits per heavy atom. The van der Waals surface area contributed by atoms with Crippen molar-refractivity contribution < 1.29 is 14.6 Å². The maximum Gasteiger partial charge on any atom is 0.313 e. The van der Waals surface area contributed by atoms with E-state index in [1.807, 2.05) is 39.0 Å². The van der Waals surface area contributed by atoms with Gasteiger partial charge in [0.1, 0.15) is 5.75 Å². The molecule has 0 heterocycles. The highest BCUT2D eigenvalue weighted by Gasteiger charge is 2.25. The lowest BCUT2D eigenvalue weighted by Gasteiger charge is -2.20. The molecule has 0 aromatic heterocycles. The summed E-state index contributed by atoms with van der Waals surface area (Å²) in [4.78, 5) is 12.6. The van der Waals surface area contributed by atoms with Crippen LogP contribution in [0.15, 0.2) is 18.2 Å². The standard InChI is InChI=1S/C24H40O3/c1-5-6-7-8-9-10-11-12-13-14-17-22(24(26)27-19(2)3)21-18-15-16-20(4)23(21)25/h15-16,18-19,22,25H,5-14,17H2,1-4H3. The summed E-state index contributed by atoms with van der Waals surface area (Å²) in [5, 5.41) is 10.4. The zero-order chi connectivity index (χ0) is 20.1. The van der Waals surface area contributed by atoms with E-state index in [4.69, 9.17) is 4.74 Å². The summed E-state index contributed by atoms with van der Waals surface area (Å²) >= 11 is 0. The van der Waals surface area contributed by atoms with Gasteiger partial charge in [-0.05, 0) is 32.8 Å². The molecule has 0 saturated heterocycles. The van der Waals surface area contributed by atoms with Gasteiger partial charge in [0, 0.05) is 5.56 Å². The molecular formula is C24H40O3. The normalized spacial score (nSPS) is 12.3. The molecule has 1 aromatic rings. The number of phenolic OH excluding ortho intramolecular Hbond substituents is 1. The van der Waals surface area contributed by atoms with Crippen LogP contribution in [0.5, 0.6) is 5.75 Å². The van der Waals surface area contributed by atoms with E-state index < -0.39 is 0 Å². The number of ether oxygens (including phenoxy) is 1. The molecule has 1 atom stereocenters. The van der Waals surface area contributed by atoms with E-state index >= 15 is 0 Å². The minimum absolute atomic E-state index is 0.139. The topological polar surface area (TPSA) is 46.5 Å². The summed E-state index contributed by atoms with van der Waals surface area (Å²) in [5.41, 5.74) is 1.51. The van der Waals surface area contributed by atoms with Crippen molar-refractivity contribution in [2.75, 3.05) is 0 Å². The van der Waals surface area contributed by atoms with Crippen LogP contribution in [0, 0.1) is 6.92 Å². The Morgan fingerprint density at radius 1 is 0.963 bits per heavy atom. The highest BCUT2D eigenvalue weighted by atomic mass is 16.5. The van der Waals surface area contributed by atoms with Gasteiger partial charge in [0.25, 0.3) is 0 Å². The van der Waals surface area contributed by atoms with Crippen LogP contribution < -0.4 is 0 Å². The number of benzene rings is 1. The van der Waals surface area contributed by atoms with E-state index in [1.54, 1.807) is 0 Å². The van der Waals surface area contributed by atoms with Crippen LogP contribution in [-0.2, 0) is 9.53 Å². The van der Waals surface area contributed by atoms with Gasteiger partial charge >= 0.3 is 5.97 Å². The number of phenols is 1. The average molecular weight is 377 g/mol. The molecule has 0 saturated carbocycles. The second-order valence-electron chi connectivity index (χ2n) is 8.02. The summed E-state index contributed by atoms with van der Waals surface area (Å²) < 4.78 is 5.45. The third kappa shape index (κ3) is 9.30. The number of esters is 1. The van der Waals surface area contributed by atoms with Crippen molar-refractivity contribution >= 4 is 5.97 Å². The summed E-state index contributed by atoms with van der Waals surface area (Å²) in [5.74, 6) is -0.363. The largest absolute Gasteiger partial charge is 0.507 e. The van der Waals surface area contributed by atoms with E-state index in [0.29, 0.717) is 5.56 Å². The van der Waals surface area contributed by atoms with Crippen LogP contribution in [0.25, 0.3) is 0 Å². The minimum Gasteiger partial charge on any atom is -0.507 e. The Bertz CT molecular complexity index is 536. The second kappa shape index (κ2) is 13.6. The molecule has 3 heteroatoms. The van der Waals surface area contributed by atoms with Crippen LogP contribution in [0.1, 0.15) is 108 Å². The molecule has 0 aliphatic heterocycles. The van der Waals surface area contributed by atoms with Gasteiger partial charge in [0.15, 0.2) is 0 Å². The third-order valence-corrected chi connectivity index (χ3v) is 5.13. The summed E-state index contributed by atoms with van der Waals surface area (Å²) in [6.45, 7) is 7.85. The quantitative estimate of drug-likeness (QED) is 0.279. The lowest BCUT2D eigenvalue weighted by molar-refractivity contribution is -0.149. The highest BCUT2D eigenvalue weighted by molar-refractivity contribution is 5.79. The predicted octanol–water partition coefficient (Wildman–Crippen LogP) is 7.05. The van der Waals surface area contributed by atoms with Gasteiger partial charge in [0.2, 0.25) is 0 Å². The van der Waals surface area contributed by atoms with E-state index in [1.165, 1.54) is 51.4 Å². The molecule has 1 unspecified atom stereocenters. The van der Waals surface area contributed by atoms with Crippen LogP contribution in [0.2, 0.25) is 0 Å². The Kier molecular flexibility index (Phi) is 11.9.